The van der Waals surface area contributed by atoms with E-state index >= 15 is 0 Å². The van der Waals surface area contributed by atoms with Gasteiger partial charge < -0.3 is 21.3 Å². The number of nitrogens with zero attached hydrogens (tertiary/aromatic N) is 5. The van der Waals surface area contributed by atoms with Crippen molar-refractivity contribution in [1.82, 2.24) is 35.8 Å². The van der Waals surface area contributed by atoms with E-state index in [1.54, 1.807) is 18.2 Å². The number of Topliss-reactive ketones (excluding diaryl/α,β-unsaturated/α-hetero) is 1. The first kappa shape index (κ1) is 35.0. The van der Waals surface area contributed by atoms with Crippen LogP contribution in [0.25, 0.3) is 22.5 Å². The Balaban J connectivity index is 1.13. The highest BCUT2D eigenvalue weighted by molar-refractivity contribution is 5.96. The number of nitrogens with two attached hydrogens (primary N) is 1. The second kappa shape index (κ2) is 16.3. The smallest absolute Gasteiger partial charge is 0.270 e. The summed E-state index contributed by atoms with van der Waals surface area (Å²) < 4.78 is 0. The Morgan fingerprint density at radius 2 is 1.62 bits per heavy atom. The van der Waals surface area contributed by atoms with Crippen LogP contribution in [0.2, 0.25) is 0 Å². The van der Waals surface area contributed by atoms with Crippen LogP contribution in [0.15, 0.2) is 60.7 Å². The number of aryl methyl sites for hydroxylation is 1. The van der Waals surface area contributed by atoms with Gasteiger partial charge in [0, 0.05) is 46.8 Å². The maximum atomic E-state index is 13.7. The Hall–Kier alpha value is -4.81. The van der Waals surface area contributed by atoms with Gasteiger partial charge in [0.1, 0.15) is 11.5 Å². The van der Waals surface area contributed by atoms with Gasteiger partial charge in [-0.05, 0) is 131 Å². The van der Waals surface area contributed by atoms with Gasteiger partial charge in [-0.3, -0.25) is 14.4 Å². The minimum Gasteiger partial charge on any atom is -0.348 e. The van der Waals surface area contributed by atoms with E-state index < -0.39 is 5.92 Å². The molecular weight excluding hydrogens is 630 g/mol. The Morgan fingerprint density at radius 3 is 2.26 bits per heavy atom. The van der Waals surface area contributed by atoms with Gasteiger partial charge in [-0.2, -0.15) is 5.21 Å². The molecule has 2 aliphatic rings. The molecule has 3 heterocycles. The monoisotopic (exact) mass is 677 g/mol. The fourth-order valence-electron chi connectivity index (χ4n) is 7.13. The second-order valence-electron chi connectivity index (χ2n) is 13.9. The van der Waals surface area contributed by atoms with E-state index in [1.807, 2.05) is 49.4 Å². The van der Waals surface area contributed by atoms with E-state index in [2.05, 4.69) is 48.2 Å². The molecule has 2 amide bonds. The van der Waals surface area contributed by atoms with Crippen molar-refractivity contribution in [1.29, 1.82) is 0 Å². The van der Waals surface area contributed by atoms with Gasteiger partial charge in [-0.25, -0.2) is 4.98 Å². The van der Waals surface area contributed by atoms with E-state index in [0.29, 0.717) is 36.1 Å². The summed E-state index contributed by atoms with van der Waals surface area (Å²) in [6, 6.07) is 19.2. The largest absolute Gasteiger partial charge is 0.348 e. The maximum absolute atomic E-state index is 13.7. The number of nitrogens with one attached hydrogen (secondary N) is 3. The number of piperidine rings is 1. The van der Waals surface area contributed by atoms with Crippen LogP contribution in [0.1, 0.15) is 66.7 Å². The van der Waals surface area contributed by atoms with Crippen LogP contribution in [0.4, 0.5) is 5.69 Å². The number of ketones is 1. The quantitative estimate of drug-likeness (QED) is 0.167. The third-order valence-corrected chi connectivity index (χ3v) is 10.3. The van der Waals surface area contributed by atoms with Gasteiger partial charge in [0.05, 0.1) is 0 Å². The summed E-state index contributed by atoms with van der Waals surface area (Å²) in [7, 11) is 2.10. The van der Waals surface area contributed by atoms with Gasteiger partial charge in [-0.15, -0.1) is 10.2 Å². The number of H-pyrrole nitrogens is 1. The van der Waals surface area contributed by atoms with Crippen LogP contribution in [-0.4, -0.2) is 80.8 Å². The lowest BCUT2D eigenvalue weighted by molar-refractivity contribution is -0.129. The Morgan fingerprint density at radius 1 is 0.920 bits per heavy atom. The molecule has 12 heteroatoms. The normalized spacial score (nSPS) is 19.1. The third-order valence-electron chi connectivity index (χ3n) is 10.3. The molecule has 12 nitrogen and oxygen atoms in total. The first-order chi connectivity index (χ1) is 24.2. The van der Waals surface area contributed by atoms with E-state index in [4.69, 9.17) is 5.73 Å². The number of pyridine rings is 1. The molecule has 1 saturated carbocycles. The molecule has 1 aliphatic carbocycles. The second-order valence-corrected chi connectivity index (χ2v) is 13.9. The molecule has 5 N–H and O–H groups in total. The molecule has 0 radical (unpaired) electrons. The molecule has 262 valence electrons. The average molecular weight is 678 g/mol. The van der Waals surface area contributed by atoms with Crippen molar-refractivity contribution in [3.05, 3.63) is 77.6 Å². The predicted octanol–water partition coefficient (Wildman–Crippen LogP) is 4.58. The summed E-state index contributed by atoms with van der Waals surface area (Å²) in [6.45, 7) is 4.52. The van der Waals surface area contributed by atoms with Gasteiger partial charge in [0.2, 0.25) is 11.7 Å². The highest BCUT2D eigenvalue weighted by Crippen LogP contribution is 2.31. The number of amides is 2. The molecule has 1 atom stereocenters. The topological polar surface area (TPSA) is 172 Å². The first-order valence-corrected chi connectivity index (χ1v) is 17.7. The van der Waals surface area contributed by atoms with Gasteiger partial charge in [0.25, 0.3) is 5.91 Å². The number of aromatic nitrogens is 5. The summed E-state index contributed by atoms with van der Waals surface area (Å²) >= 11 is 0. The van der Waals surface area contributed by atoms with E-state index in [1.165, 1.54) is 0 Å². The molecule has 2 aromatic heterocycles. The van der Waals surface area contributed by atoms with Crippen LogP contribution in [0.3, 0.4) is 0 Å². The number of tetrazole rings is 1. The maximum Gasteiger partial charge on any atom is 0.270 e. The van der Waals surface area contributed by atoms with Crippen molar-refractivity contribution in [2.24, 2.45) is 23.5 Å². The molecule has 2 aromatic carbocycles. The zero-order valence-electron chi connectivity index (χ0n) is 28.9. The van der Waals surface area contributed by atoms with Crippen LogP contribution in [0, 0.1) is 24.7 Å². The van der Waals surface area contributed by atoms with Gasteiger partial charge in [0.15, 0.2) is 0 Å². The third kappa shape index (κ3) is 8.85. The Kier molecular flexibility index (Phi) is 11.4. The van der Waals surface area contributed by atoms with Gasteiger partial charge >= 0.3 is 0 Å². The molecule has 0 unspecified atom stereocenters. The van der Waals surface area contributed by atoms with E-state index in [-0.39, 0.29) is 36.0 Å². The van der Waals surface area contributed by atoms with Crippen LogP contribution >= 0.6 is 0 Å². The number of carbonyl (C=O) groups is 3. The van der Waals surface area contributed by atoms with Crippen molar-refractivity contribution in [2.75, 3.05) is 32.0 Å². The number of hydrogen-bond acceptors (Lipinski definition) is 9. The molecule has 2 fully saturated rings. The lowest BCUT2D eigenvalue weighted by Gasteiger charge is -2.29. The lowest BCUT2D eigenvalue weighted by Crippen LogP contribution is -2.43. The molecule has 0 bridgehead atoms. The summed E-state index contributed by atoms with van der Waals surface area (Å²) in [5, 5.41) is 20.2. The number of anilines is 1. The fraction of sp³-hybridized carbons (Fsp3) is 0.447. The number of benzene rings is 2. The SMILES string of the molecule is Cc1nc(C(=O)NC2CCN(C)CC2)ccc1-c1ccc(C[C@H](CC(=O)C2CCC(CN)CC2)C(=O)Nc2ccc(-c3nn[nH]n3)cc2)cc1. The van der Waals surface area contributed by atoms with Crippen molar-refractivity contribution < 1.29 is 14.4 Å². The Bertz CT molecular complexity index is 1740. The fourth-order valence-corrected chi connectivity index (χ4v) is 7.13. The minimum absolute atomic E-state index is 0.0328. The first-order valence-electron chi connectivity index (χ1n) is 17.7. The molecule has 50 heavy (non-hydrogen) atoms. The van der Waals surface area contributed by atoms with E-state index in [0.717, 1.165) is 79.6 Å². The highest BCUT2D eigenvalue weighted by atomic mass is 16.2. The summed E-state index contributed by atoms with van der Waals surface area (Å²) in [5.74, 6) is 0.181. The molecule has 1 saturated heterocycles. The minimum atomic E-state index is -0.539. The predicted molar refractivity (Wildman–Crippen MR) is 192 cm³/mol. The van der Waals surface area contributed by atoms with Crippen LogP contribution in [-0.2, 0) is 16.0 Å². The number of likely N-dealkylation sites (tertiary alicyclic amines) is 1. The van der Waals surface area contributed by atoms with Crippen molar-refractivity contribution in [3.63, 3.8) is 0 Å². The Labute approximate surface area is 293 Å². The summed E-state index contributed by atoms with van der Waals surface area (Å²) in [6.07, 6.45) is 6.04. The summed E-state index contributed by atoms with van der Waals surface area (Å²) in [5.41, 5.74) is 11.3. The lowest BCUT2D eigenvalue weighted by atomic mass is 9.77. The van der Waals surface area contributed by atoms with Crippen LogP contribution < -0.4 is 16.4 Å². The van der Waals surface area contributed by atoms with E-state index in [9.17, 15) is 14.4 Å². The molecule has 0 spiro atoms. The zero-order valence-corrected chi connectivity index (χ0v) is 28.9. The van der Waals surface area contributed by atoms with Crippen LogP contribution in [0.5, 0.6) is 0 Å². The van der Waals surface area contributed by atoms with Crippen molar-refractivity contribution >= 4 is 23.3 Å². The van der Waals surface area contributed by atoms with Crippen molar-refractivity contribution in [2.45, 2.75) is 64.3 Å². The highest BCUT2D eigenvalue weighted by Gasteiger charge is 2.30. The summed E-state index contributed by atoms with van der Waals surface area (Å²) in [4.78, 5) is 47.1. The van der Waals surface area contributed by atoms with Gasteiger partial charge in [-0.1, -0.05) is 30.3 Å². The average Bonchev–Trinajstić information content (AvgIpc) is 3.68. The molecule has 4 aromatic rings. The molecular formula is C38H47N9O3. The standard InChI is InChI=1S/C38H47N9O3/c1-24-33(15-16-34(40-24)38(50)42-32-17-19-47(2)20-18-32)27-7-3-25(4-8-27)21-30(22-35(48)28-9-5-26(23-39)6-10-28)37(49)41-31-13-11-29(12-14-31)36-43-45-46-44-36/h3-4,7-8,11-16,26,28,30,32H,5-6,9-10,17-23,39H2,1-2H3,(H,41,49)(H,42,50)(H,43,44,45,46)/t26?,28?,30-/m1/s1. The molecule has 6 rings (SSSR count). The van der Waals surface area contributed by atoms with Crippen molar-refractivity contribution in [3.8, 4) is 22.5 Å². The zero-order chi connectivity index (χ0) is 35.0. The number of hydrogen-bond donors (Lipinski definition) is 4. The number of rotatable bonds is 12. The number of aromatic amines is 1. The number of carbonyl (C=O) groups excluding carboxylic acids is 3. The molecule has 1 aliphatic heterocycles.